The van der Waals surface area contributed by atoms with E-state index in [1.54, 1.807) is 19.3 Å². The van der Waals surface area contributed by atoms with Crippen LogP contribution in [0.15, 0.2) is 18.3 Å². The molecule has 0 saturated carbocycles. The third-order valence-corrected chi connectivity index (χ3v) is 2.75. The van der Waals surface area contributed by atoms with E-state index in [9.17, 15) is 9.59 Å². The fourth-order valence-corrected chi connectivity index (χ4v) is 1.86. The van der Waals surface area contributed by atoms with Gasteiger partial charge in [-0.1, -0.05) is 0 Å². The molecule has 2 heterocycles. The molecule has 1 N–H and O–H groups in total. The number of aromatic nitrogens is 1. The number of urea groups is 1. The highest BCUT2D eigenvalue weighted by Crippen LogP contribution is 2.14. The van der Waals surface area contributed by atoms with Crippen molar-refractivity contribution in [3.63, 3.8) is 0 Å². The number of anilines is 1. The highest BCUT2D eigenvalue weighted by molar-refractivity contribution is 6.01. The predicted octanol–water partition coefficient (Wildman–Crippen LogP) is 0.907. The van der Waals surface area contributed by atoms with Crippen molar-refractivity contribution in [2.75, 3.05) is 25.5 Å². The largest absolute Gasteiger partial charge is 0.370 e. The summed E-state index contributed by atoms with van der Waals surface area (Å²) < 4.78 is 0. The number of nitrogens with zero attached hydrogens (tertiary/aromatic N) is 3. The minimum Gasteiger partial charge on any atom is -0.370 e. The first-order valence-electron chi connectivity index (χ1n) is 5.86. The van der Waals surface area contributed by atoms with Gasteiger partial charge in [-0.2, -0.15) is 0 Å². The Kier molecular flexibility index (Phi) is 3.45. The summed E-state index contributed by atoms with van der Waals surface area (Å²) in [5, 5.41) is 3.09. The number of carbonyl (C=O) groups is 2. The molecule has 0 unspecified atom stereocenters. The first-order valence-corrected chi connectivity index (χ1v) is 5.86. The summed E-state index contributed by atoms with van der Waals surface area (Å²) in [6.07, 6.45) is 1.67. The number of nitrogens with one attached hydrogen (secondary N) is 1. The van der Waals surface area contributed by atoms with Crippen molar-refractivity contribution < 1.29 is 9.59 Å². The van der Waals surface area contributed by atoms with Crippen molar-refractivity contribution in [2.24, 2.45) is 0 Å². The quantitative estimate of drug-likeness (QED) is 0.804. The summed E-state index contributed by atoms with van der Waals surface area (Å²) in [5.41, 5.74) is 0.887. The van der Waals surface area contributed by atoms with Crippen LogP contribution in [0.2, 0.25) is 0 Å². The minimum atomic E-state index is -0.248. The standard InChI is InChI=1S/C12H16N4O2/c1-3-13-10-6-9(4-5-14-10)7-16-11(17)8-15(2)12(16)18/h4-6H,3,7-8H2,1-2H3,(H,13,14). The molecule has 96 valence electrons. The molecule has 0 bridgehead atoms. The lowest BCUT2D eigenvalue weighted by Crippen LogP contribution is -2.31. The molecule has 1 saturated heterocycles. The number of pyridine rings is 1. The SMILES string of the molecule is CCNc1cc(CN2C(=O)CN(C)C2=O)ccn1. The van der Waals surface area contributed by atoms with Gasteiger partial charge in [-0.3, -0.25) is 9.69 Å². The number of imide groups is 1. The monoisotopic (exact) mass is 248 g/mol. The second-order valence-electron chi connectivity index (χ2n) is 4.20. The zero-order valence-electron chi connectivity index (χ0n) is 10.5. The highest BCUT2D eigenvalue weighted by atomic mass is 16.2. The molecular formula is C12H16N4O2. The lowest BCUT2D eigenvalue weighted by molar-refractivity contribution is -0.125. The van der Waals surface area contributed by atoms with Crippen LogP contribution in [-0.4, -0.2) is 46.9 Å². The number of amides is 3. The van der Waals surface area contributed by atoms with Crippen LogP contribution in [0.5, 0.6) is 0 Å². The molecule has 1 aliphatic rings. The van der Waals surface area contributed by atoms with Crippen LogP contribution in [-0.2, 0) is 11.3 Å². The molecule has 0 atom stereocenters. The van der Waals surface area contributed by atoms with Gasteiger partial charge in [0.1, 0.15) is 12.4 Å². The fourth-order valence-electron chi connectivity index (χ4n) is 1.86. The minimum absolute atomic E-state index is 0.157. The second-order valence-corrected chi connectivity index (χ2v) is 4.20. The van der Waals surface area contributed by atoms with Gasteiger partial charge in [-0.25, -0.2) is 9.78 Å². The number of rotatable bonds is 4. The lowest BCUT2D eigenvalue weighted by atomic mass is 10.2. The fraction of sp³-hybridized carbons (Fsp3) is 0.417. The van der Waals surface area contributed by atoms with Gasteiger partial charge in [-0.15, -0.1) is 0 Å². The van der Waals surface area contributed by atoms with E-state index in [0.29, 0.717) is 6.54 Å². The van der Waals surface area contributed by atoms with Crippen LogP contribution in [0.1, 0.15) is 12.5 Å². The van der Waals surface area contributed by atoms with E-state index in [4.69, 9.17) is 0 Å². The van der Waals surface area contributed by atoms with Crippen LogP contribution in [0.3, 0.4) is 0 Å². The molecule has 0 spiro atoms. The molecule has 6 heteroatoms. The number of hydrogen-bond acceptors (Lipinski definition) is 4. The summed E-state index contributed by atoms with van der Waals surface area (Å²) in [6, 6.07) is 3.41. The maximum absolute atomic E-state index is 11.7. The third-order valence-electron chi connectivity index (χ3n) is 2.75. The van der Waals surface area contributed by atoms with Crippen molar-refractivity contribution >= 4 is 17.8 Å². The van der Waals surface area contributed by atoms with Crippen LogP contribution < -0.4 is 5.32 Å². The third kappa shape index (κ3) is 2.42. The molecule has 1 aliphatic heterocycles. The van der Waals surface area contributed by atoms with E-state index in [0.717, 1.165) is 17.9 Å². The summed E-state index contributed by atoms with van der Waals surface area (Å²) in [7, 11) is 1.62. The molecule has 6 nitrogen and oxygen atoms in total. The Morgan fingerprint density at radius 2 is 2.22 bits per heavy atom. The smallest absolute Gasteiger partial charge is 0.327 e. The van der Waals surface area contributed by atoms with Gasteiger partial charge in [-0.05, 0) is 24.6 Å². The Morgan fingerprint density at radius 3 is 2.83 bits per heavy atom. The van der Waals surface area contributed by atoms with Gasteiger partial charge in [0.05, 0.1) is 6.54 Å². The molecule has 1 aromatic heterocycles. The lowest BCUT2D eigenvalue weighted by Gasteiger charge is -2.14. The van der Waals surface area contributed by atoms with Crippen molar-refractivity contribution in [1.82, 2.24) is 14.8 Å². The summed E-state index contributed by atoms with van der Waals surface area (Å²) in [4.78, 5) is 30.2. The molecule has 0 radical (unpaired) electrons. The van der Waals surface area contributed by atoms with Crippen LogP contribution in [0, 0.1) is 0 Å². The van der Waals surface area contributed by atoms with Gasteiger partial charge in [0.15, 0.2) is 0 Å². The Hall–Kier alpha value is -2.11. The Bertz CT molecular complexity index is 475. The summed E-state index contributed by atoms with van der Waals surface area (Å²) in [6.45, 7) is 3.21. The van der Waals surface area contributed by atoms with E-state index >= 15 is 0 Å². The first kappa shape index (κ1) is 12.3. The summed E-state index contributed by atoms with van der Waals surface area (Å²) in [5.74, 6) is 0.590. The van der Waals surface area contributed by atoms with Gasteiger partial charge in [0, 0.05) is 19.8 Å². The van der Waals surface area contributed by atoms with Crippen LogP contribution >= 0.6 is 0 Å². The van der Waals surface area contributed by atoms with Crippen molar-refractivity contribution in [1.29, 1.82) is 0 Å². The maximum atomic E-state index is 11.7. The normalized spacial score (nSPS) is 15.4. The molecule has 1 fully saturated rings. The second kappa shape index (κ2) is 5.03. The van der Waals surface area contributed by atoms with E-state index in [-0.39, 0.29) is 18.5 Å². The number of likely N-dealkylation sites (N-methyl/N-ethyl adjacent to an activating group) is 1. The van der Waals surface area contributed by atoms with E-state index in [1.807, 2.05) is 13.0 Å². The Labute approximate surface area is 106 Å². The number of hydrogen-bond donors (Lipinski definition) is 1. The van der Waals surface area contributed by atoms with Gasteiger partial charge >= 0.3 is 6.03 Å². The Balaban J connectivity index is 2.11. The van der Waals surface area contributed by atoms with Gasteiger partial charge in [0.25, 0.3) is 5.91 Å². The van der Waals surface area contributed by atoms with E-state index in [2.05, 4.69) is 10.3 Å². The molecule has 1 aromatic rings. The molecule has 2 rings (SSSR count). The van der Waals surface area contributed by atoms with Crippen LogP contribution in [0.4, 0.5) is 10.6 Å². The van der Waals surface area contributed by atoms with Gasteiger partial charge < -0.3 is 10.2 Å². The molecule has 0 aromatic carbocycles. The average Bonchev–Trinajstić information content (AvgIpc) is 2.57. The Morgan fingerprint density at radius 1 is 1.44 bits per heavy atom. The molecule has 3 amide bonds. The van der Waals surface area contributed by atoms with Crippen molar-refractivity contribution in [3.8, 4) is 0 Å². The van der Waals surface area contributed by atoms with Gasteiger partial charge in [0.2, 0.25) is 0 Å². The molecule has 18 heavy (non-hydrogen) atoms. The zero-order valence-corrected chi connectivity index (χ0v) is 10.5. The topological polar surface area (TPSA) is 65.5 Å². The van der Waals surface area contributed by atoms with Crippen LogP contribution in [0.25, 0.3) is 0 Å². The maximum Gasteiger partial charge on any atom is 0.327 e. The predicted molar refractivity (Wildman–Crippen MR) is 67.0 cm³/mol. The van der Waals surface area contributed by atoms with E-state index < -0.39 is 0 Å². The number of carbonyl (C=O) groups excluding carboxylic acids is 2. The van der Waals surface area contributed by atoms with Crippen molar-refractivity contribution in [3.05, 3.63) is 23.9 Å². The van der Waals surface area contributed by atoms with E-state index in [1.165, 1.54) is 9.80 Å². The molecular weight excluding hydrogens is 232 g/mol. The highest BCUT2D eigenvalue weighted by Gasteiger charge is 2.33. The molecule has 0 aliphatic carbocycles. The zero-order chi connectivity index (χ0) is 13.1. The van der Waals surface area contributed by atoms with Crippen molar-refractivity contribution in [2.45, 2.75) is 13.5 Å². The average molecular weight is 248 g/mol. The summed E-state index contributed by atoms with van der Waals surface area (Å²) >= 11 is 0. The first-order chi connectivity index (χ1) is 8.61.